The van der Waals surface area contributed by atoms with Crippen molar-refractivity contribution in [3.05, 3.63) is 64.1 Å². The molecule has 1 aliphatic carbocycles. The Hall–Kier alpha value is -2.16. The number of rotatable bonds is 8. The monoisotopic (exact) mass is 478 g/mol. The first-order chi connectivity index (χ1) is 13.8. The van der Waals surface area contributed by atoms with Crippen LogP contribution < -0.4 is 9.46 Å². The highest BCUT2D eigenvalue weighted by molar-refractivity contribution is 9.10. The van der Waals surface area contributed by atoms with E-state index in [1.54, 1.807) is 18.2 Å². The average molecular weight is 479 g/mol. The number of ether oxygens (including phenoxy) is 1. The van der Waals surface area contributed by atoms with Crippen LogP contribution >= 0.6 is 15.9 Å². The molecule has 0 heterocycles. The molecule has 0 radical (unpaired) electrons. The van der Waals surface area contributed by atoms with Crippen LogP contribution in [-0.4, -0.2) is 39.4 Å². The van der Waals surface area contributed by atoms with E-state index in [-0.39, 0.29) is 22.6 Å². The Morgan fingerprint density at radius 2 is 2.03 bits per heavy atom. The van der Waals surface area contributed by atoms with Crippen LogP contribution in [0, 0.1) is 0 Å². The summed E-state index contributed by atoms with van der Waals surface area (Å²) in [6, 6.07) is 12.9. The van der Waals surface area contributed by atoms with Crippen molar-refractivity contribution in [2.24, 2.45) is 0 Å². The molecular formula is C21H23BrN2O4S. The molecule has 1 N–H and O–H groups in total. The summed E-state index contributed by atoms with van der Waals surface area (Å²) in [7, 11) is -0.917. The fraction of sp³-hybridized carbons (Fsp3) is 0.286. The lowest BCUT2D eigenvalue weighted by Gasteiger charge is -2.21. The molecular weight excluding hydrogens is 456 g/mol. The number of nitrogens with one attached hydrogen (secondary N) is 1. The number of sulfonamides is 1. The zero-order valence-electron chi connectivity index (χ0n) is 16.3. The highest BCUT2D eigenvalue weighted by Gasteiger charge is 2.31. The Bertz CT molecular complexity index is 1030. The summed E-state index contributed by atoms with van der Waals surface area (Å²) < 4.78 is 32.8. The largest absolute Gasteiger partial charge is 0.495 e. The summed E-state index contributed by atoms with van der Waals surface area (Å²) in [5.41, 5.74) is 1.66. The predicted molar refractivity (Wildman–Crippen MR) is 116 cm³/mol. The van der Waals surface area contributed by atoms with Gasteiger partial charge in [-0.15, -0.1) is 0 Å². The fourth-order valence-electron chi connectivity index (χ4n) is 2.99. The molecule has 0 saturated heterocycles. The molecule has 0 atom stereocenters. The second-order valence-corrected chi connectivity index (χ2v) is 9.55. The molecule has 29 heavy (non-hydrogen) atoms. The third-order valence-electron chi connectivity index (χ3n) is 4.68. The molecule has 1 amide bonds. The van der Waals surface area contributed by atoms with Crippen LogP contribution in [0.3, 0.4) is 0 Å². The molecule has 1 fully saturated rings. The van der Waals surface area contributed by atoms with Gasteiger partial charge in [0.2, 0.25) is 15.9 Å². The second kappa shape index (κ2) is 9.11. The van der Waals surface area contributed by atoms with Crippen molar-refractivity contribution in [3.63, 3.8) is 0 Å². The van der Waals surface area contributed by atoms with Gasteiger partial charge in [0.05, 0.1) is 7.11 Å². The quantitative estimate of drug-likeness (QED) is 0.588. The van der Waals surface area contributed by atoms with E-state index in [4.69, 9.17) is 4.74 Å². The number of amides is 1. The number of hydrogen-bond acceptors (Lipinski definition) is 4. The highest BCUT2D eigenvalue weighted by atomic mass is 79.9. The molecule has 2 aromatic rings. The standard InChI is InChI=1S/C21H23BrN2O4S/c1-23-29(26,27)20-13-15(6-10-19(20)28-2)7-11-21(25)24(18-8-9-18)14-16-4-3-5-17(22)12-16/h3-7,10-13,18,23H,8-9,14H2,1-2H3/b11-7+. The van der Waals surface area contributed by atoms with Crippen molar-refractivity contribution in [1.29, 1.82) is 0 Å². The van der Waals surface area contributed by atoms with E-state index in [0.29, 0.717) is 12.1 Å². The molecule has 8 heteroatoms. The van der Waals surface area contributed by atoms with Crippen LogP contribution in [0.1, 0.15) is 24.0 Å². The third kappa shape index (κ3) is 5.46. The minimum Gasteiger partial charge on any atom is -0.495 e. The van der Waals surface area contributed by atoms with Gasteiger partial charge in [-0.1, -0.05) is 34.1 Å². The second-order valence-electron chi connectivity index (χ2n) is 6.78. The highest BCUT2D eigenvalue weighted by Crippen LogP contribution is 2.30. The molecule has 2 aromatic carbocycles. The lowest BCUT2D eigenvalue weighted by atomic mass is 10.2. The Morgan fingerprint density at radius 1 is 1.28 bits per heavy atom. The first-order valence-electron chi connectivity index (χ1n) is 9.19. The Kier molecular flexibility index (Phi) is 6.77. The van der Waals surface area contributed by atoms with Gasteiger partial charge in [-0.3, -0.25) is 4.79 Å². The number of nitrogens with zero attached hydrogens (tertiary/aromatic N) is 1. The van der Waals surface area contributed by atoms with E-state index in [0.717, 1.165) is 22.9 Å². The molecule has 3 rings (SSSR count). The van der Waals surface area contributed by atoms with E-state index < -0.39 is 10.0 Å². The van der Waals surface area contributed by atoms with E-state index in [1.807, 2.05) is 29.2 Å². The molecule has 0 unspecified atom stereocenters. The van der Waals surface area contributed by atoms with Gasteiger partial charge in [0.15, 0.2) is 0 Å². The molecule has 0 aliphatic heterocycles. The molecule has 154 valence electrons. The average Bonchev–Trinajstić information content (AvgIpc) is 3.55. The third-order valence-corrected chi connectivity index (χ3v) is 6.61. The number of carbonyl (C=O) groups excluding carboxylic acids is 1. The fourth-order valence-corrected chi connectivity index (χ4v) is 4.36. The summed E-state index contributed by atoms with van der Waals surface area (Å²) >= 11 is 3.46. The van der Waals surface area contributed by atoms with Gasteiger partial charge in [0, 0.05) is 23.1 Å². The van der Waals surface area contributed by atoms with Crippen molar-refractivity contribution >= 4 is 37.9 Å². The zero-order chi connectivity index (χ0) is 21.0. The van der Waals surface area contributed by atoms with Gasteiger partial charge in [0.25, 0.3) is 0 Å². The van der Waals surface area contributed by atoms with Crippen molar-refractivity contribution in [1.82, 2.24) is 9.62 Å². The predicted octanol–water partition coefficient (Wildman–Crippen LogP) is 3.57. The first kappa shape index (κ1) is 21.5. The van der Waals surface area contributed by atoms with Gasteiger partial charge in [-0.25, -0.2) is 13.1 Å². The number of benzene rings is 2. The maximum atomic E-state index is 12.8. The smallest absolute Gasteiger partial charge is 0.247 e. The lowest BCUT2D eigenvalue weighted by Crippen LogP contribution is -2.31. The lowest BCUT2D eigenvalue weighted by molar-refractivity contribution is -0.127. The maximum Gasteiger partial charge on any atom is 0.247 e. The molecule has 0 bridgehead atoms. The summed E-state index contributed by atoms with van der Waals surface area (Å²) in [5, 5.41) is 0. The Balaban J connectivity index is 1.80. The van der Waals surface area contributed by atoms with Crippen molar-refractivity contribution in [3.8, 4) is 5.75 Å². The molecule has 0 aromatic heterocycles. The number of methoxy groups -OCH3 is 1. The Morgan fingerprint density at radius 3 is 2.66 bits per heavy atom. The van der Waals surface area contributed by atoms with Gasteiger partial charge < -0.3 is 9.64 Å². The van der Waals surface area contributed by atoms with Crippen LogP contribution in [0.25, 0.3) is 6.08 Å². The van der Waals surface area contributed by atoms with Crippen LogP contribution in [-0.2, 0) is 21.4 Å². The SMILES string of the molecule is CNS(=O)(=O)c1cc(/C=C/C(=O)N(Cc2cccc(Br)c2)C2CC2)ccc1OC. The molecule has 1 aliphatic rings. The van der Waals surface area contributed by atoms with E-state index in [1.165, 1.54) is 26.3 Å². The van der Waals surface area contributed by atoms with E-state index in [9.17, 15) is 13.2 Å². The summed E-state index contributed by atoms with van der Waals surface area (Å²) in [6.07, 6.45) is 5.13. The molecule has 6 nitrogen and oxygen atoms in total. The normalized spacial score (nSPS) is 14.2. The van der Waals surface area contributed by atoms with Crippen LogP contribution in [0.5, 0.6) is 5.75 Å². The topological polar surface area (TPSA) is 75.7 Å². The maximum absolute atomic E-state index is 12.8. The summed E-state index contributed by atoms with van der Waals surface area (Å²) in [6.45, 7) is 0.537. The number of carbonyl (C=O) groups is 1. The van der Waals surface area contributed by atoms with Crippen molar-refractivity contribution in [2.75, 3.05) is 14.2 Å². The number of hydrogen-bond donors (Lipinski definition) is 1. The number of halogens is 1. The van der Waals surface area contributed by atoms with Crippen LogP contribution in [0.15, 0.2) is 57.9 Å². The van der Waals surface area contributed by atoms with E-state index >= 15 is 0 Å². The summed E-state index contributed by atoms with van der Waals surface area (Å²) in [4.78, 5) is 14.7. The van der Waals surface area contributed by atoms with Crippen molar-refractivity contribution in [2.45, 2.75) is 30.3 Å². The Labute approximate surface area is 179 Å². The minimum atomic E-state index is -3.68. The van der Waals surface area contributed by atoms with Crippen LogP contribution in [0.4, 0.5) is 0 Å². The van der Waals surface area contributed by atoms with Gasteiger partial charge in [0.1, 0.15) is 10.6 Å². The van der Waals surface area contributed by atoms with Crippen molar-refractivity contribution < 1.29 is 17.9 Å². The van der Waals surface area contributed by atoms with Gasteiger partial charge in [-0.2, -0.15) is 0 Å². The summed E-state index contributed by atoms with van der Waals surface area (Å²) in [5.74, 6) is 0.151. The van der Waals surface area contributed by atoms with Gasteiger partial charge in [-0.05, 0) is 61.4 Å². The van der Waals surface area contributed by atoms with Gasteiger partial charge >= 0.3 is 0 Å². The van der Waals surface area contributed by atoms with Crippen LogP contribution in [0.2, 0.25) is 0 Å². The molecule has 0 spiro atoms. The minimum absolute atomic E-state index is 0.0327. The molecule has 1 saturated carbocycles. The van der Waals surface area contributed by atoms with E-state index in [2.05, 4.69) is 20.7 Å². The zero-order valence-corrected chi connectivity index (χ0v) is 18.7. The first-order valence-corrected chi connectivity index (χ1v) is 11.5.